The Morgan fingerprint density at radius 1 is 1.39 bits per heavy atom. The second-order valence-electron chi connectivity index (χ2n) is 5.67. The van der Waals surface area contributed by atoms with E-state index in [1.54, 1.807) is 0 Å². The number of nitrogens with zero attached hydrogens (tertiary/aromatic N) is 4. The zero-order valence-corrected chi connectivity index (χ0v) is 11.8. The molecular weight excluding hydrogens is 226 g/mol. The molecule has 0 radical (unpaired) electrons. The molecule has 0 bridgehead atoms. The summed E-state index contributed by atoms with van der Waals surface area (Å²) in [5, 5.41) is 15.6. The van der Waals surface area contributed by atoms with Crippen molar-refractivity contribution in [2.45, 2.75) is 71.5 Å². The highest BCUT2D eigenvalue weighted by molar-refractivity contribution is 4.87. The zero-order valence-electron chi connectivity index (χ0n) is 11.8. The van der Waals surface area contributed by atoms with Gasteiger partial charge in [-0.05, 0) is 29.2 Å². The van der Waals surface area contributed by atoms with E-state index >= 15 is 0 Å². The number of rotatable bonds is 5. The normalized spacial score (nSPS) is 24.7. The lowest BCUT2D eigenvalue weighted by Gasteiger charge is -2.28. The Bertz CT molecular complexity index is 360. The van der Waals surface area contributed by atoms with Crippen molar-refractivity contribution in [3.05, 3.63) is 5.82 Å². The Kier molecular flexibility index (Phi) is 4.69. The van der Waals surface area contributed by atoms with E-state index < -0.39 is 0 Å². The molecule has 0 saturated heterocycles. The molecule has 1 aliphatic carbocycles. The van der Waals surface area contributed by atoms with Crippen molar-refractivity contribution in [1.29, 1.82) is 0 Å². The van der Waals surface area contributed by atoms with E-state index in [4.69, 9.17) is 0 Å². The van der Waals surface area contributed by atoms with Gasteiger partial charge in [-0.1, -0.05) is 40.0 Å². The molecule has 1 aromatic heterocycles. The number of hydrogen-bond donors (Lipinski definition) is 1. The Labute approximate surface area is 109 Å². The highest BCUT2D eigenvalue weighted by Crippen LogP contribution is 2.33. The summed E-state index contributed by atoms with van der Waals surface area (Å²) >= 11 is 0. The highest BCUT2D eigenvalue weighted by Gasteiger charge is 2.24. The summed E-state index contributed by atoms with van der Waals surface area (Å²) in [6.07, 6.45) is 6.40. The molecule has 2 rings (SSSR count). The number of aromatic nitrogens is 4. The molecule has 0 aromatic carbocycles. The summed E-state index contributed by atoms with van der Waals surface area (Å²) in [6, 6.07) is 0.965. The van der Waals surface area contributed by atoms with E-state index in [0.29, 0.717) is 12.1 Å². The van der Waals surface area contributed by atoms with Gasteiger partial charge in [0.1, 0.15) is 0 Å². The first-order valence-corrected chi connectivity index (χ1v) is 7.20. The maximum Gasteiger partial charge on any atom is 0.165 e. The third-order valence-corrected chi connectivity index (χ3v) is 3.91. The topological polar surface area (TPSA) is 55.6 Å². The first-order valence-electron chi connectivity index (χ1n) is 7.20. The zero-order chi connectivity index (χ0) is 13.0. The van der Waals surface area contributed by atoms with E-state index in [2.05, 4.69) is 46.3 Å². The van der Waals surface area contributed by atoms with Crippen molar-refractivity contribution in [2.75, 3.05) is 0 Å². The SMILES string of the molecule is CCC1CCCC(n2nnnc2CNC(C)C)C1. The number of nitrogens with one attached hydrogen (secondary N) is 1. The summed E-state index contributed by atoms with van der Waals surface area (Å²) in [5.41, 5.74) is 0. The Hall–Kier alpha value is -0.970. The molecule has 1 saturated carbocycles. The molecule has 2 atom stereocenters. The summed E-state index contributed by atoms with van der Waals surface area (Å²) < 4.78 is 2.05. The minimum atomic E-state index is 0.463. The molecule has 0 aliphatic heterocycles. The van der Waals surface area contributed by atoms with Crippen molar-refractivity contribution in [1.82, 2.24) is 25.5 Å². The molecule has 0 amide bonds. The second kappa shape index (κ2) is 6.27. The summed E-state index contributed by atoms with van der Waals surface area (Å²) in [4.78, 5) is 0. The summed E-state index contributed by atoms with van der Waals surface area (Å²) in [7, 11) is 0. The molecule has 18 heavy (non-hydrogen) atoms. The lowest BCUT2D eigenvalue weighted by Crippen LogP contribution is -2.27. The van der Waals surface area contributed by atoms with E-state index in [1.165, 1.54) is 32.1 Å². The van der Waals surface area contributed by atoms with Crippen molar-refractivity contribution in [3.63, 3.8) is 0 Å². The number of tetrazole rings is 1. The van der Waals surface area contributed by atoms with Crippen molar-refractivity contribution >= 4 is 0 Å². The van der Waals surface area contributed by atoms with E-state index in [9.17, 15) is 0 Å². The van der Waals surface area contributed by atoms with Crippen LogP contribution < -0.4 is 5.32 Å². The molecule has 102 valence electrons. The van der Waals surface area contributed by atoms with Gasteiger partial charge in [-0.3, -0.25) is 0 Å². The predicted molar refractivity (Wildman–Crippen MR) is 71.1 cm³/mol. The van der Waals surface area contributed by atoms with Gasteiger partial charge in [0.25, 0.3) is 0 Å². The Morgan fingerprint density at radius 2 is 2.22 bits per heavy atom. The van der Waals surface area contributed by atoms with Crippen LogP contribution in [0, 0.1) is 5.92 Å². The third kappa shape index (κ3) is 3.28. The van der Waals surface area contributed by atoms with Gasteiger partial charge in [0, 0.05) is 6.04 Å². The van der Waals surface area contributed by atoms with Gasteiger partial charge in [0.2, 0.25) is 0 Å². The minimum absolute atomic E-state index is 0.463. The molecule has 0 spiro atoms. The van der Waals surface area contributed by atoms with Gasteiger partial charge >= 0.3 is 0 Å². The Morgan fingerprint density at radius 3 is 2.94 bits per heavy atom. The lowest BCUT2D eigenvalue weighted by atomic mass is 9.84. The molecular formula is C13H25N5. The molecule has 1 aromatic rings. The van der Waals surface area contributed by atoms with Crippen LogP contribution in [0.4, 0.5) is 0 Å². The van der Waals surface area contributed by atoms with E-state index in [0.717, 1.165) is 18.3 Å². The first-order chi connectivity index (χ1) is 8.70. The smallest absolute Gasteiger partial charge is 0.165 e. The summed E-state index contributed by atoms with van der Waals surface area (Å²) in [5.74, 6) is 1.82. The van der Waals surface area contributed by atoms with Gasteiger partial charge < -0.3 is 5.32 Å². The molecule has 1 aliphatic rings. The maximum absolute atomic E-state index is 4.20. The van der Waals surface area contributed by atoms with E-state index in [1.807, 2.05) is 0 Å². The molecule has 1 fully saturated rings. The van der Waals surface area contributed by atoms with Crippen LogP contribution >= 0.6 is 0 Å². The van der Waals surface area contributed by atoms with Crippen LogP contribution in [0.2, 0.25) is 0 Å². The van der Waals surface area contributed by atoms with Gasteiger partial charge in [0.15, 0.2) is 5.82 Å². The first kappa shape index (κ1) is 13.5. The van der Waals surface area contributed by atoms with Gasteiger partial charge in [-0.25, -0.2) is 4.68 Å². The van der Waals surface area contributed by atoms with Crippen LogP contribution in [-0.2, 0) is 6.54 Å². The van der Waals surface area contributed by atoms with Crippen molar-refractivity contribution in [3.8, 4) is 0 Å². The maximum atomic E-state index is 4.20. The van der Waals surface area contributed by atoms with Gasteiger partial charge in [-0.2, -0.15) is 0 Å². The third-order valence-electron chi connectivity index (χ3n) is 3.91. The van der Waals surface area contributed by atoms with Gasteiger partial charge in [-0.15, -0.1) is 5.10 Å². The van der Waals surface area contributed by atoms with Crippen LogP contribution in [0.1, 0.15) is 64.7 Å². The predicted octanol–water partition coefficient (Wildman–Crippen LogP) is 2.31. The summed E-state index contributed by atoms with van der Waals surface area (Å²) in [6.45, 7) is 7.33. The fourth-order valence-corrected chi connectivity index (χ4v) is 2.76. The molecule has 5 heteroatoms. The molecule has 1 heterocycles. The molecule has 5 nitrogen and oxygen atoms in total. The van der Waals surface area contributed by atoms with Crippen LogP contribution in [0.15, 0.2) is 0 Å². The standard InChI is InChI=1S/C13H25N5/c1-4-11-6-5-7-12(8-11)18-13(15-16-17-18)9-14-10(2)3/h10-12,14H,4-9H2,1-3H3. The van der Waals surface area contributed by atoms with Crippen molar-refractivity contribution < 1.29 is 0 Å². The Balaban J connectivity index is 2.01. The molecule has 1 N–H and O–H groups in total. The quantitative estimate of drug-likeness (QED) is 0.872. The fraction of sp³-hybridized carbons (Fsp3) is 0.923. The molecule has 2 unspecified atom stereocenters. The lowest BCUT2D eigenvalue weighted by molar-refractivity contribution is 0.239. The van der Waals surface area contributed by atoms with Gasteiger partial charge in [0.05, 0.1) is 12.6 Å². The van der Waals surface area contributed by atoms with Crippen LogP contribution in [0.3, 0.4) is 0 Å². The minimum Gasteiger partial charge on any atom is -0.308 e. The monoisotopic (exact) mass is 251 g/mol. The second-order valence-corrected chi connectivity index (χ2v) is 5.67. The average molecular weight is 251 g/mol. The number of hydrogen-bond acceptors (Lipinski definition) is 4. The van der Waals surface area contributed by atoms with Crippen molar-refractivity contribution in [2.24, 2.45) is 5.92 Å². The average Bonchev–Trinajstić information content (AvgIpc) is 2.84. The fourth-order valence-electron chi connectivity index (χ4n) is 2.76. The van der Waals surface area contributed by atoms with Crippen LogP contribution in [-0.4, -0.2) is 26.2 Å². The van der Waals surface area contributed by atoms with E-state index in [-0.39, 0.29) is 0 Å². The largest absolute Gasteiger partial charge is 0.308 e. The van der Waals surface area contributed by atoms with Crippen LogP contribution in [0.25, 0.3) is 0 Å². The highest BCUT2D eigenvalue weighted by atomic mass is 15.6. The van der Waals surface area contributed by atoms with Crippen LogP contribution in [0.5, 0.6) is 0 Å².